The van der Waals surface area contributed by atoms with E-state index in [9.17, 15) is 0 Å². The van der Waals surface area contributed by atoms with Crippen LogP contribution < -0.4 is 0 Å². The molecule has 0 radical (unpaired) electrons. The van der Waals surface area contributed by atoms with Gasteiger partial charge in [-0.3, -0.25) is 0 Å². The van der Waals surface area contributed by atoms with Crippen LogP contribution in [0.25, 0.3) is 0 Å². The molecule has 0 bridgehead atoms. The number of ether oxygens (including phenoxy) is 1. The molecule has 2 aromatic carbocycles. The third-order valence-electron chi connectivity index (χ3n) is 5.10. The molecule has 0 amide bonds. The van der Waals surface area contributed by atoms with Crippen molar-refractivity contribution in [3.05, 3.63) is 71.8 Å². The van der Waals surface area contributed by atoms with Crippen molar-refractivity contribution >= 4 is 31.9 Å². The first-order valence-corrected chi connectivity index (χ1v) is 12.4. The molecule has 2 aromatic rings. The second-order valence-corrected chi connectivity index (χ2v) is 8.42. The maximum atomic E-state index is 5.85. The molecule has 0 aromatic heterocycles. The highest BCUT2D eigenvalue weighted by Gasteiger charge is 2.10. The summed E-state index contributed by atoms with van der Waals surface area (Å²) in [5.41, 5.74) is 2.88. The topological polar surface area (TPSA) is 9.23 Å². The normalized spacial score (nSPS) is 13.4. The van der Waals surface area contributed by atoms with Crippen molar-refractivity contribution in [2.24, 2.45) is 0 Å². The molecule has 0 N–H and O–H groups in total. The highest BCUT2D eigenvalue weighted by molar-refractivity contribution is 9.09. The Labute approximate surface area is 182 Å². The summed E-state index contributed by atoms with van der Waals surface area (Å²) < 4.78 is 5.85. The Balaban J connectivity index is 1.50. The molecule has 0 aliphatic carbocycles. The fourth-order valence-electron chi connectivity index (χ4n) is 3.41. The number of alkyl halides is 2. The summed E-state index contributed by atoms with van der Waals surface area (Å²) in [5.74, 6) is 1.23. The van der Waals surface area contributed by atoms with Crippen LogP contribution in [-0.4, -0.2) is 23.9 Å². The van der Waals surface area contributed by atoms with E-state index in [1.165, 1.54) is 36.8 Å². The summed E-state index contributed by atoms with van der Waals surface area (Å²) in [7, 11) is 0. The lowest BCUT2D eigenvalue weighted by molar-refractivity contribution is 0.125. The van der Waals surface area contributed by atoms with E-state index in [4.69, 9.17) is 4.74 Å². The van der Waals surface area contributed by atoms with E-state index in [0.29, 0.717) is 11.8 Å². The zero-order chi connectivity index (χ0) is 19.2. The predicted octanol–water partition coefficient (Wildman–Crippen LogP) is 7.70. The quantitative estimate of drug-likeness (QED) is 0.192. The summed E-state index contributed by atoms with van der Waals surface area (Å²) in [6.45, 7) is 1.79. The van der Waals surface area contributed by atoms with E-state index in [2.05, 4.69) is 92.5 Å². The van der Waals surface area contributed by atoms with Crippen molar-refractivity contribution in [3.63, 3.8) is 0 Å². The van der Waals surface area contributed by atoms with Crippen LogP contribution >= 0.6 is 31.9 Å². The van der Waals surface area contributed by atoms with E-state index in [1.807, 2.05) is 0 Å². The van der Waals surface area contributed by atoms with Crippen molar-refractivity contribution in [3.8, 4) is 0 Å². The van der Waals surface area contributed by atoms with Gasteiger partial charge in [-0.25, -0.2) is 0 Å². The van der Waals surface area contributed by atoms with Gasteiger partial charge in [-0.1, -0.05) is 105 Å². The SMILES string of the molecule is BrC[C@@H](CCCCOCCCC[C@H](CBr)c1ccccc1)c1ccccc1. The van der Waals surface area contributed by atoms with Crippen LogP contribution in [0.3, 0.4) is 0 Å². The van der Waals surface area contributed by atoms with E-state index in [1.54, 1.807) is 0 Å². The second-order valence-electron chi connectivity index (χ2n) is 7.13. The van der Waals surface area contributed by atoms with Crippen molar-refractivity contribution in [1.82, 2.24) is 0 Å². The Hall–Kier alpha value is -0.640. The minimum atomic E-state index is 0.616. The monoisotopic (exact) mass is 494 g/mol. The van der Waals surface area contributed by atoms with Gasteiger partial charge in [-0.2, -0.15) is 0 Å². The summed E-state index contributed by atoms with van der Waals surface area (Å²) in [6.07, 6.45) is 7.22. The van der Waals surface area contributed by atoms with E-state index in [-0.39, 0.29) is 0 Å². The molecule has 1 nitrogen and oxygen atoms in total. The highest BCUT2D eigenvalue weighted by atomic mass is 79.9. The molecular weight excluding hydrogens is 464 g/mol. The van der Waals surface area contributed by atoms with Gasteiger partial charge in [0.1, 0.15) is 0 Å². The molecule has 148 valence electrons. The predicted molar refractivity (Wildman–Crippen MR) is 124 cm³/mol. The molecule has 0 aliphatic heterocycles. The Morgan fingerprint density at radius 2 is 1.00 bits per heavy atom. The average molecular weight is 496 g/mol. The third kappa shape index (κ3) is 8.93. The van der Waals surface area contributed by atoms with Crippen LogP contribution in [0.2, 0.25) is 0 Å². The molecule has 0 heterocycles. The molecule has 0 fully saturated rings. The molecule has 0 saturated heterocycles. The van der Waals surface area contributed by atoms with Gasteiger partial charge in [0.05, 0.1) is 0 Å². The maximum absolute atomic E-state index is 5.85. The smallest absolute Gasteiger partial charge is 0.0466 e. The van der Waals surface area contributed by atoms with Gasteiger partial charge >= 0.3 is 0 Å². The van der Waals surface area contributed by atoms with E-state index < -0.39 is 0 Å². The number of hydrogen-bond acceptors (Lipinski definition) is 1. The largest absolute Gasteiger partial charge is 0.381 e. The second kappa shape index (κ2) is 14.4. The van der Waals surface area contributed by atoms with E-state index >= 15 is 0 Å². The fraction of sp³-hybridized carbons (Fsp3) is 0.500. The minimum absolute atomic E-state index is 0.616. The molecule has 0 unspecified atom stereocenters. The number of unbranched alkanes of at least 4 members (excludes halogenated alkanes) is 2. The van der Waals surface area contributed by atoms with Gasteiger partial charge < -0.3 is 4.74 Å². The molecule has 2 rings (SSSR count). The summed E-state index contributed by atoms with van der Waals surface area (Å²) in [5, 5.41) is 2.07. The molecule has 27 heavy (non-hydrogen) atoms. The summed E-state index contributed by atoms with van der Waals surface area (Å²) in [4.78, 5) is 0. The van der Waals surface area contributed by atoms with Crippen molar-refractivity contribution in [1.29, 1.82) is 0 Å². The number of benzene rings is 2. The maximum Gasteiger partial charge on any atom is 0.0466 e. The summed E-state index contributed by atoms with van der Waals surface area (Å²) in [6, 6.07) is 21.6. The lowest BCUT2D eigenvalue weighted by atomic mass is 9.95. The lowest BCUT2D eigenvalue weighted by Gasteiger charge is -2.15. The highest BCUT2D eigenvalue weighted by Crippen LogP contribution is 2.25. The first-order valence-electron chi connectivity index (χ1n) is 10.1. The average Bonchev–Trinajstić information content (AvgIpc) is 2.73. The van der Waals surface area contributed by atoms with Crippen LogP contribution in [0.1, 0.15) is 61.5 Å². The van der Waals surface area contributed by atoms with E-state index in [0.717, 1.165) is 36.7 Å². The van der Waals surface area contributed by atoms with Crippen molar-refractivity contribution in [2.75, 3.05) is 23.9 Å². The van der Waals surface area contributed by atoms with Crippen LogP contribution in [-0.2, 0) is 4.74 Å². The first kappa shape index (κ1) is 22.6. The molecule has 0 aliphatic rings. The van der Waals surface area contributed by atoms with Crippen LogP contribution in [0, 0.1) is 0 Å². The number of rotatable bonds is 14. The van der Waals surface area contributed by atoms with Crippen molar-refractivity contribution in [2.45, 2.75) is 50.4 Å². The Morgan fingerprint density at radius 3 is 1.37 bits per heavy atom. The van der Waals surface area contributed by atoms with Gasteiger partial charge in [0.15, 0.2) is 0 Å². The number of halogens is 2. The Bertz CT molecular complexity index is 534. The Kier molecular flexibility index (Phi) is 12.1. The van der Waals surface area contributed by atoms with Crippen LogP contribution in [0.4, 0.5) is 0 Å². The minimum Gasteiger partial charge on any atom is -0.381 e. The van der Waals surface area contributed by atoms with Gasteiger partial charge in [0, 0.05) is 23.9 Å². The molecule has 3 heteroatoms. The molecule has 2 atom stereocenters. The summed E-state index contributed by atoms with van der Waals surface area (Å²) >= 11 is 7.33. The van der Waals surface area contributed by atoms with Gasteiger partial charge in [-0.05, 0) is 48.6 Å². The van der Waals surface area contributed by atoms with Gasteiger partial charge in [-0.15, -0.1) is 0 Å². The molecule has 0 saturated carbocycles. The molecule has 0 spiro atoms. The first-order chi connectivity index (χ1) is 13.3. The molecular formula is C24H32Br2O. The van der Waals surface area contributed by atoms with Gasteiger partial charge in [0.2, 0.25) is 0 Å². The lowest BCUT2D eigenvalue weighted by Crippen LogP contribution is -2.03. The Morgan fingerprint density at radius 1 is 0.593 bits per heavy atom. The third-order valence-corrected chi connectivity index (χ3v) is 6.66. The fourth-order valence-corrected chi connectivity index (χ4v) is 4.80. The van der Waals surface area contributed by atoms with Gasteiger partial charge in [0.25, 0.3) is 0 Å². The zero-order valence-electron chi connectivity index (χ0n) is 16.2. The standard InChI is InChI=1S/C24H32Br2O/c25-19-23(21-11-3-1-4-12-21)15-7-9-17-27-18-10-8-16-24(20-26)22-13-5-2-6-14-22/h1-6,11-14,23-24H,7-10,15-20H2/t23-,24-/m1/s1. The zero-order valence-corrected chi connectivity index (χ0v) is 19.3. The number of hydrogen-bond donors (Lipinski definition) is 0. The van der Waals surface area contributed by atoms with Crippen LogP contribution in [0.5, 0.6) is 0 Å². The van der Waals surface area contributed by atoms with Crippen molar-refractivity contribution < 1.29 is 4.74 Å². The van der Waals surface area contributed by atoms with Crippen LogP contribution in [0.15, 0.2) is 60.7 Å².